The first-order valence-corrected chi connectivity index (χ1v) is 13.4. The summed E-state index contributed by atoms with van der Waals surface area (Å²) in [5.41, 5.74) is 9.51. The van der Waals surface area contributed by atoms with Crippen LogP contribution in [0.4, 0.5) is 4.39 Å². The molecule has 0 saturated carbocycles. The highest BCUT2D eigenvalue weighted by atomic mass is 35.5. The molecule has 1 heterocycles. The predicted octanol–water partition coefficient (Wildman–Crippen LogP) is 7.20. The topological polar surface area (TPSA) is 42.9 Å². The van der Waals surface area contributed by atoms with E-state index in [1.54, 1.807) is 17.7 Å². The zero-order chi connectivity index (χ0) is 27.0. The highest BCUT2D eigenvalue weighted by Gasteiger charge is 2.27. The minimum atomic E-state index is -0.322. The molecule has 0 radical (unpaired) electrons. The summed E-state index contributed by atoms with van der Waals surface area (Å²) in [6.45, 7) is 7.28. The van der Waals surface area contributed by atoms with Gasteiger partial charge in [-0.2, -0.15) is 0 Å². The molecule has 3 aromatic carbocycles. The molecule has 0 saturated heterocycles. The van der Waals surface area contributed by atoms with Crippen LogP contribution in [0.15, 0.2) is 67.5 Å². The second-order valence-corrected chi connectivity index (χ2v) is 10.5. The number of rotatable bonds is 7. The van der Waals surface area contributed by atoms with Crippen LogP contribution in [0.1, 0.15) is 41.2 Å². The SMILES string of the molecule is C=C1c2cc(Cn3ccn(C)c3=N)cc(-c3ccc(CC)c(OC)c3)c2CCC1Cc1ccc(F)cc1Cl. The predicted molar refractivity (Wildman–Crippen MR) is 152 cm³/mol. The smallest absolute Gasteiger partial charge is 0.202 e. The summed E-state index contributed by atoms with van der Waals surface area (Å²) in [4.78, 5) is 0. The molecule has 0 fully saturated rings. The molecule has 38 heavy (non-hydrogen) atoms. The average molecular weight is 530 g/mol. The van der Waals surface area contributed by atoms with E-state index in [-0.39, 0.29) is 11.7 Å². The van der Waals surface area contributed by atoms with Gasteiger partial charge in [-0.3, -0.25) is 5.41 Å². The molecule has 0 bridgehead atoms. The Hall–Kier alpha value is -3.57. The Kier molecular flexibility index (Phi) is 7.31. The summed E-state index contributed by atoms with van der Waals surface area (Å²) >= 11 is 6.38. The lowest BCUT2D eigenvalue weighted by molar-refractivity contribution is 0.410. The van der Waals surface area contributed by atoms with Gasteiger partial charge in [0.15, 0.2) is 0 Å². The summed E-state index contributed by atoms with van der Waals surface area (Å²) in [5, 5.41) is 8.88. The fraction of sp³-hybridized carbons (Fsp3) is 0.281. The number of fused-ring (bicyclic) bond motifs is 1. The van der Waals surface area contributed by atoms with Gasteiger partial charge < -0.3 is 13.9 Å². The Morgan fingerprint density at radius 3 is 2.53 bits per heavy atom. The molecule has 1 aliphatic rings. The van der Waals surface area contributed by atoms with E-state index >= 15 is 0 Å². The molecular formula is C32H33ClFN3O. The van der Waals surface area contributed by atoms with Crippen LogP contribution in [-0.4, -0.2) is 16.2 Å². The van der Waals surface area contributed by atoms with E-state index in [1.807, 2.05) is 24.0 Å². The maximum atomic E-state index is 13.6. The lowest BCUT2D eigenvalue weighted by Gasteiger charge is -2.30. The van der Waals surface area contributed by atoms with Crippen LogP contribution in [-0.2, 0) is 32.9 Å². The van der Waals surface area contributed by atoms with E-state index in [9.17, 15) is 4.39 Å². The Labute approximate surface area is 228 Å². The molecule has 4 nitrogen and oxygen atoms in total. The number of allylic oxidation sites excluding steroid dienone is 1. The highest BCUT2D eigenvalue weighted by Crippen LogP contribution is 2.43. The maximum Gasteiger partial charge on any atom is 0.202 e. The Morgan fingerprint density at radius 1 is 1.08 bits per heavy atom. The van der Waals surface area contributed by atoms with Crippen LogP contribution in [0, 0.1) is 17.1 Å². The quantitative estimate of drug-likeness (QED) is 0.270. The van der Waals surface area contributed by atoms with E-state index in [0.717, 1.165) is 59.3 Å². The van der Waals surface area contributed by atoms with Crippen LogP contribution >= 0.6 is 11.6 Å². The van der Waals surface area contributed by atoms with Crippen molar-refractivity contribution in [2.45, 2.75) is 39.2 Å². The number of halogens is 2. The minimum Gasteiger partial charge on any atom is -0.496 e. The molecule has 0 spiro atoms. The van der Waals surface area contributed by atoms with Gasteiger partial charge in [0, 0.05) is 24.5 Å². The monoisotopic (exact) mass is 529 g/mol. The van der Waals surface area contributed by atoms with Crippen molar-refractivity contribution in [1.82, 2.24) is 9.13 Å². The number of imidazole rings is 1. The summed E-state index contributed by atoms with van der Waals surface area (Å²) in [7, 11) is 3.60. The standard InChI is InChI=1S/C32H33ClFN3O/c1-5-22-6-7-24(17-31(22)38-4)29-15-21(19-37-13-12-36(3)32(37)35)14-28-20(2)23(9-11-27(28)29)16-25-8-10-26(34)18-30(25)33/h6-8,10,12-15,17-18,23,35H,2,5,9,11,16,19H2,1,3-4H3. The molecular weight excluding hydrogens is 497 g/mol. The van der Waals surface area contributed by atoms with Crippen molar-refractivity contribution in [2.75, 3.05) is 7.11 Å². The molecule has 1 N–H and O–H groups in total. The fourth-order valence-electron chi connectivity index (χ4n) is 5.58. The third-order valence-corrected chi connectivity index (χ3v) is 8.13. The number of nitrogens with zero attached hydrogens (tertiary/aromatic N) is 2. The van der Waals surface area contributed by atoms with Crippen molar-refractivity contribution in [2.24, 2.45) is 13.0 Å². The molecule has 6 heteroatoms. The van der Waals surface area contributed by atoms with E-state index in [2.05, 4.69) is 43.8 Å². The first-order chi connectivity index (χ1) is 18.3. The van der Waals surface area contributed by atoms with Crippen molar-refractivity contribution in [1.29, 1.82) is 5.41 Å². The second kappa shape index (κ2) is 10.7. The molecule has 1 aliphatic carbocycles. The second-order valence-electron chi connectivity index (χ2n) is 10.1. The Balaban J connectivity index is 1.59. The summed E-state index contributed by atoms with van der Waals surface area (Å²) in [6.07, 6.45) is 7.32. The number of aryl methyl sites for hydroxylation is 2. The number of nitrogens with one attached hydrogen (secondary N) is 1. The van der Waals surface area contributed by atoms with E-state index in [4.69, 9.17) is 21.7 Å². The van der Waals surface area contributed by atoms with Crippen molar-refractivity contribution in [3.05, 3.63) is 112 Å². The third-order valence-electron chi connectivity index (χ3n) is 7.78. The number of methoxy groups -OCH3 is 1. The lowest BCUT2D eigenvalue weighted by atomic mass is 9.74. The molecule has 0 aliphatic heterocycles. The van der Waals surface area contributed by atoms with Gasteiger partial charge in [0.25, 0.3) is 0 Å². The molecule has 1 aromatic heterocycles. The average Bonchev–Trinajstić information content (AvgIpc) is 3.23. The number of hydrogen-bond acceptors (Lipinski definition) is 2. The maximum absolute atomic E-state index is 13.6. The Bertz CT molecular complexity index is 1580. The Morgan fingerprint density at radius 2 is 1.84 bits per heavy atom. The number of hydrogen-bond donors (Lipinski definition) is 1. The van der Waals surface area contributed by atoms with Gasteiger partial charge in [0.2, 0.25) is 5.62 Å². The largest absolute Gasteiger partial charge is 0.496 e. The molecule has 4 aromatic rings. The fourth-order valence-corrected chi connectivity index (χ4v) is 5.82. The van der Waals surface area contributed by atoms with E-state index in [0.29, 0.717) is 17.2 Å². The number of benzene rings is 3. The summed E-state index contributed by atoms with van der Waals surface area (Å²) in [6, 6.07) is 15.6. The molecule has 5 rings (SSSR count). The lowest BCUT2D eigenvalue weighted by Crippen LogP contribution is -2.23. The number of ether oxygens (including phenoxy) is 1. The van der Waals surface area contributed by atoms with E-state index in [1.165, 1.54) is 28.8 Å². The third kappa shape index (κ3) is 4.95. The molecule has 1 atom stereocenters. The van der Waals surface area contributed by atoms with Gasteiger partial charge in [-0.05, 0) is 106 Å². The van der Waals surface area contributed by atoms with Gasteiger partial charge in [-0.25, -0.2) is 4.39 Å². The van der Waals surface area contributed by atoms with Crippen LogP contribution in [0.2, 0.25) is 5.02 Å². The zero-order valence-corrected chi connectivity index (χ0v) is 22.9. The molecule has 0 amide bonds. The highest BCUT2D eigenvalue weighted by molar-refractivity contribution is 6.31. The van der Waals surface area contributed by atoms with E-state index < -0.39 is 0 Å². The minimum absolute atomic E-state index is 0.210. The van der Waals surface area contributed by atoms with Crippen LogP contribution < -0.4 is 10.4 Å². The number of aromatic nitrogens is 2. The van der Waals surface area contributed by atoms with Crippen LogP contribution in [0.3, 0.4) is 0 Å². The van der Waals surface area contributed by atoms with Gasteiger partial charge in [-0.15, -0.1) is 0 Å². The van der Waals surface area contributed by atoms with Crippen molar-refractivity contribution in [3.8, 4) is 16.9 Å². The normalized spacial score (nSPS) is 15.0. The van der Waals surface area contributed by atoms with Crippen molar-refractivity contribution in [3.63, 3.8) is 0 Å². The van der Waals surface area contributed by atoms with Crippen LogP contribution in [0.5, 0.6) is 5.75 Å². The first-order valence-electron chi connectivity index (χ1n) is 13.0. The summed E-state index contributed by atoms with van der Waals surface area (Å²) < 4.78 is 23.1. The van der Waals surface area contributed by atoms with Crippen molar-refractivity contribution >= 4 is 17.2 Å². The van der Waals surface area contributed by atoms with Gasteiger partial charge in [0.1, 0.15) is 11.6 Å². The molecule has 196 valence electrons. The van der Waals surface area contributed by atoms with Gasteiger partial charge >= 0.3 is 0 Å². The summed E-state index contributed by atoms with van der Waals surface area (Å²) in [5.74, 6) is 0.785. The van der Waals surface area contributed by atoms with Crippen molar-refractivity contribution < 1.29 is 9.13 Å². The first kappa shape index (κ1) is 26.1. The zero-order valence-electron chi connectivity index (χ0n) is 22.2. The van der Waals surface area contributed by atoms with Gasteiger partial charge in [0.05, 0.1) is 13.7 Å². The molecule has 1 unspecified atom stereocenters. The van der Waals surface area contributed by atoms with Crippen LogP contribution in [0.25, 0.3) is 16.7 Å². The van der Waals surface area contributed by atoms with Gasteiger partial charge in [-0.1, -0.05) is 43.3 Å².